The Kier molecular flexibility index (Phi) is 4.40. The molecule has 18 heavy (non-hydrogen) atoms. The molecule has 0 bridgehead atoms. The second-order valence-corrected chi connectivity index (χ2v) is 4.95. The smallest absolute Gasteiger partial charge is 0.132 e. The lowest BCUT2D eigenvalue weighted by Crippen LogP contribution is -2.37. The number of aromatic nitrogens is 1. The summed E-state index contributed by atoms with van der Waals surface area (Å²) in [6, 6.07) is 5.49. The van der Waals surface area contributed by atoms with Crippen LogP contribution in [-0.2, 0) is 4.74 Å². The fourth-order valence-corrected chi connectivity index (χ4v) is 2.56. The number of halogens is 1. The molecule has 1 aromatic rings. The molecule has 2 rings (SSSR count). The normalized spacial score (nSPS) is 19.6. The number of pyridine rings is 1. The quantitative estimate of drug-likeness (QED) is 0.788. The summed E-state index contributed by atoms with van der Waals surface area (Å²) in [6.45, 7) is 2.63. The standard InChI is InChI=1S/C13H16ClN3O/c1-18-9-10-3-2-4-17(8-10)13-6-11(7-15)5-12(14)16-13/h5-6,10H,2-4,8-9H2,1H3. The molecule has 5 heteroatoms. The highest BCUT2D eigenvalue weighted by Crippen LogP contribution is 2.24. The van der Waals surface area contributed by atoms with Crippen LogP contribution in [0.15, 0.2) is 12.1 Å². The van der Waals surface area contributed by atoms with Gasteiger partial charge in [0.05, 0.1) is 18.2 Å². The molecule has 1 atom stereocenters. The maximum Gasteiger partial charge on any atom is 0.132 e. The van der Waals surface area contributed by atoms with Gasteiger partial charge in [-0.2, -0.15) is 5.26 Å². The Morgan fingerprint density at radius 1 is 1.61 bits per heavy atom. The van der Waals surface area contributed by atoms with Crippen molar-refractivity contribution in [3.63, 3.8) is 0 Å². The zero-order valence-electron chi connectivity index (χ0n) is 10.4. The van der Waals surface area contributed by atoms with Gasteiger partial charge in [-0.05, 0) is 30.9 Å². The minimum absolute atomic E-state index is 0.373. The fraction of sp³-hybridized carbons (Fsp3) is 0.538. The van der Waals surface area contributed by atoms with Gasteiger partial charge >= 0.3 is 0 Å². The van der Waals surface area contributed by atoms with E-state index in [1.165, 1.54) is 6.42 Å². The number of anilines is 1. The molecule has 0 aliphatic carbocycles. The lowest BCUT2D eigenvalue weighted by molar-refractivity contribution is 0.143. The first-order chi connectivity index (χ1) is 8.72. The third-order valence-electron chi connectivity index (χ3n) is 3.16. The molecule has 2 heterocycles. The molecule has 1 saturated heterocycles. The molecule has 4 nitrogen and oxygen atoms in total. The van der Waals surface area contributed by atoms with E-state index >= 15 is 0 Å². The lowest BCUT2D eigenvalue weighted by atomic mass is 9.99. The van der Waals surface area contributed by atoms with Gasteiger partial charge in [0.25, 0.3) is 0 Å². The van der Waals surface area contributed by atoms with Crippen LogP contribution in [0.2, 0.25) is 5.15 Å². The van der Waals surface area contributed by atoms with E-state index < -0.39 is 0 Å². The molecule has 1 aliphatic rings. The number of rotatable bonds is 3. The summed E-state index contributed by atoms with van der Waals surface area (Å²) < 4.78 is 5.21. The first kappa shape index (κ1) is 13.1. The third kappa shape index (κ3) is 3.12. The minimum Gasteiger partial charge on any atom is -0.384 e. The van der Waals surface area contributed by atoms with Crippen LogP contribution in [-0.4, -0.2) is 31.8 Å². The molecule has 1 fully saturated rings. The third-order valence-corrected chi connectivity index (χ3v) is 3.35. The van der Waals surface area contributed by atoms with Crippen LogP contribution in [0.1, 0.15) is 18.4 Å². The Balaban J connectivity index is 2.15. The largest absolute Gasteiger partial charge is 0.384 e. The fourth-order valence-electron chi connectivity index (χ4n) is 2.35. The number of piperidine rings is 1. The van der Waals surface area contributed by atoms with E-state index in [-0.39, 0.29) is 0 Å². The number of hydrogen-bond donors (Lipinski definition) is 0. The number of nitrogens with zero attached hydrogens (tertiary/aromatic N) is 3. The topological polar surface area (TPSA) is 49.1 Å². The van der Waals surface area contributed by atoms with Gasteiger partial charge in [-0.3, -0.25) is 0 Å². The predicted octanol–water partition coefficient (Wildman–Crippen LogP) is 2.47. The van der Waals surface area contributed by atoms with Crippen molar-refractivity contribution in [2.45, 2.75) is 12.8 Å². The summed E-state index contributed by atoms with van der Waals surface area (Å²) in [5.74, 6) is 1.31. The molecule has 0 aromatic carbocycles. The molecular formula is C13H16ClN3O. The van der Waals surface area contributed by atoms with Gasteiger partial charge in [0, 0.05) is 20.2 Å². The van der Waals surface area contributed by atoms with Gasteiger partial charge in [0.15, 0.2) is 0 Å². The maximum atomic E-state index is 8.95. The molecule has 0 N–H and O–H groups in total. The van der Waals surface area contributed by atoms with E-state index in [4.69, 9.17) is 21.6 Å². The van der Waals surface area contributed by atoms with E-state index in [2.05, 4.69) is 16.0 Å². The van der Waals surface area contributed by atoms with Gasteiger partial charge in [-0.25, -0.2) is 4.98 Å². The summed E-state index contributed by atoms with van der Waals surface area (Å²) in [7, 11) is 1.73. The molecule has 0 amide bonds. The average molecular weight is 266 g/mol. The highest BCUT2D eigenvalue weighted by Gasteiger charge is 2.21. The number of hydrogen-bond acceptors (Lipinski definition) is 4. The van der Waals surface area contributed by atoms with Crippen molar-refractivity contribution >= 4 is 17.4 Å². The van der Waals surface area contributed by atoms with Gasteiger partial charge in [-0.1, -0.05) is 11.6 Å². The lowest BCUT2D eigenvalue weighted by Gasteiger charge is -2.33. The Bertz CT molecular complexity index is 456. The summed E-state index contributed by atoms with van der Waals surface area (Å²) in [5.41, 5.74) is 0.555. The van der Waals surface area contributed by atoms with Gasteiger partial charge in [0.1, 0.15) is 11.0 Å². The van der Waals surface area contributed by atoms with Crippen LogP contribution in [0.4, 0.5) is 5.82 Å². The Hall–Kier alpha value is -1.31. The summed E-state index contributed by atoms with van der Waals surface area (Å²) in [6.07, 6.45) is 2.29. The van der Waals surface area contributed by atoms with Crippen molar-refractivity contribution < 1.29 is 4.74 Å². The molecule has 0 spiro atoms. The number of ether oxygens (including phenoxy) is 1. The molecule has 0 saturated carbocycles. The van der Waals surface area contributed by atoms with E-state index in [1.54, 1.807) is 19.2 Å². The summed E-state index contributed by atoms with van der Waals surface area (Å²) in [4.78, 5) is 6.48. The van der Waals surface area contributed by atoms with Crippen LogP contribution >= 0.6 is 11.6 Å². The van der Waals surface area contributed by atoms with Crippen LogP contribution in [0, 0.1) is 17.2 Å². The molecule has 1 unspecified atom stereocenters. The average Bonchev–Trinajstić information content (AvgIpc) is 2.39. The van der Waals surface area contributed by atoms with E-state index in [0.29, 0.717) is 16.6 Å². The second kappa shape index (κ2) is 6.03. The van der Waals surface area contributed by atoms with Gasteiger partial charge in [0.2, 0.25) is 0 Å². The first-order valence-electron chi connectivity index (χ1n) is 6.04. The zero-order chi connectivity index (χ0) is 13.0. The van der Waals surface area contributed by atoms with E-state index in [1.807, 2.05) is 0 Å². The van der Waals surface area contributed by atoms with Crippen LogP contribution in [0.5, 0.6) is 0 Å². The SMILES string of the molecule is COCC1CCCN(c2cc(C#N)cc(Cl)n2)C1. The Labute approximate surface area is 112 Å². The van der Waals surface area contributed by atoms with E-state index in [0.717, 1.165) is 31.9 Å². The van der Waals surface area contributed by atoms with Crippen LogP contribution in [0.3, 0.4) is 0 Å². The first-order valence-corrected chi connectivity index (χ1v) is 6.42. The van der Waals surface area contributed by atoms with Gasteiger partial charge in [-0.15, -0.1) is 0 Å². The van der Waals surface area contributed by atoms with Crippen molar-refractivity contribution in [2.75, 3.05) is 31.7 Å². The second-order valence-electron chi connectivity index (χ2n) is 4.56. The van der Waals surface area contributed by atoms with E-state index in [9.17, 15) is 0 Å². The van der Waals surface area contributed by atoms with Crippen molar-refractivity contribution in [2.24, 2.45) is 5.92 Å². The maximum absolute atomic E-state index is 8.95. The number of nitriles is 1. The predicted molar refractivity (Wildman–Crippen MR) is 70.8 cm³/mol. The molecule has 1 aliphatic heterocycles. The van der Waals surface area contributed by atoms with Crippen LogP contribution in [0.25, 0.3) is 0 Å². The zero-order valence-corrected chi connectivity index (χ0v) is 11.2. The van der Waals surface area contributed by atoms with Gasteiger partial charge < -0.3 is 9.64 Å². The highest BCUT2D eigenvalue weighted by molar-refractivity contribution is 6.29. The van der Waals surface area contributed by atoms with Crippen molar-refractivity contribution in [3.05, 3.63) is 22.8 Å². The summed E-state index contributed by atoms with van der Waals surface area (Å²) in [5, 5.41) is 9.32. The highest BCUT2D eigenvalue weighted by atomic mass is 35.5. The molecule has 0 radical (unpaired) electrons. The molecule has 96 valence electrons. The van der Waals surface area contributed by atoms with Crippen molar-refractivity contribution in [1.29, 1.82) is 5.26 Å². The molecule has 1 aromatic heterocycles. The summed E-state index contributed by atoms with van der Waals surface area (Å²) >= 11 is 5.93. The molecular weight excluding hydrogens is 250 g/mol. The number of methoxy groups -OCH3 is 1. The monoisotopic (exact) mass is 265 g/mol. The minimum atomic E-state index is 0.373. The Morgan fingerprint density at radius 2 is 2.44 bits per heavy atom. The van der Waals surface area contributed by atoms with Crippen molar-refractivity contribution in [1.82, 2.24) is 4.98 Å². The van der Waals surface area contributed by atoms with Crippen LogP contribution < -0.4 is 4.90 Å². The Morgan fingerprint density at radius 3 is 3.17 bits per heavy atom. The van der Waals surface area contributed by atoms with Crippen molar-refractivity contribution in [3.8, 4) is 6.07 Å².